The van der Waals surface area contributed by atoms with Crippen molar-refractivity contribution < 1.29 is 0 Å². The SMILES string of the molecule is O=c1ccnc2ccc(N3CCNCC3)cn12. The molecule has 0 aliphatic carbocycles. The molecule has 1 saturated heterocycles. The molecule has 17 heavy (non-hydrogen) atoms. The Bertz CT molecular complexity index is 586. The first kappa shape index (κ1) is 10.3. The summed E-state index contributed by atoms with van der Waals surface area (Å²) >= 11 is 0. The molecule has 2 aromatic heterocycles. The number of fused-ring (bicyclic) bond motifs is 1. The third kappa shape index (κ3) is 1.89. The highest BCUT2D eigenvalue weighted by Gasteiger charge is 2.10. The monoisotopic (exact) mass is 230 g/mol. The van der Waals surface area contributed by atoms with Gasteiger partial charge in [0.25, 0.3) is 5.56 Å². The van der Waals surface area contributed by atoms with Crippen molar-refractivity contribution in [1.29, 1.82) is 0 Å². The molecule has 5 nitrogen and oxygen atoms in total. The number of anilines is 1. The molecular weight excluding hydrogens is 216 g/mol. The molecular formula is C12H14N4O. The van der Waals surface area contributed by atoms with Crippen LogP contribution in [0.2, 0.25) is 0 Å². The maximum Gasteiger partial charge on any atom is 0.257 e. The Balaban J connectivity index is 2.06. The number of hydrogen-bond acceptors (Lipinski definition) is 4. The lowest BCUT2D eigenvalue weighted by molar-refractivity contribution is 0.588. The highest BCUT2D eigenvalue weighted by atomic mass is 16.1. The van der Waals surface area contributed by atoms with Gasteiger partial charge in [0.2, 0.25) is 0 Å². The number of hydrogen-bond donors (Lipinski definition) is 1. The fourth-order valence-electron chi connectivity index (χ4n) is 2.13. The Morgan fingerprint density at radius 3 is 2.82 bits per heavy atom. The summed E-state index contributed by atoms with van der Waals surface area (Å²) in [6.07, 6.45) is 3.41. The Morgan fingerprint density at radius 1 is 1.18 bits per heavy atom. The Kier molecular flexibility index (Phi) is 2.53. The molecule has 3 heterocycles. The van der Waals surface area contributed by atoms with E-state index in [9.17, 15) is 4.79 Å². The molecule has 5 heteroatoms. The van der Waals surface area contributed by atoms with Gasteiger partial charge in [-0.15, -0.1) is 0 Å². The molecule has 0 atom stereocenters. The molecule has 0 bridgehead atoms. The zero-order valence-electron chi connectivity index (χ0n) is 9.47. The molecule has 1 aliphatic heterocycles. The van der Waals surface area contributed by atoms with Gasteiger partial charge in [-0.3, -0.25) is 9.20 Å². The van der Waals surface area contributed by atoms with Crippen LogP contribution in [-0.2, 0) is 0 Å². The Labute approximate surface area is 98.7 Å². The van der Waals surface area contributed by atoms with Crippen molar-refractivity contribution in [3.8, 4) is 0 Å². The van der Waals surface area contributed by atoms with E-state index in [-0.39, 0.29) is 5.56 Å². The van der Waals surface area contributed by atoms with Gasteiger partial charge >= 0.3 is 0 Å². The van der Waals surface area contributed by atoms with Crippen molar-refractivity contribution in [3.05, 3.63) is 40.9 Å². The van der Waals surface area contributed by atoms with Crippen LogP contribution in [0.3, 0.4) is 0 Å². The van der Waals surface area contributed by atoms with Crippen LogP contribution in [0.15, 0.2) is 35.4 Å². The minimum Gasteiger partial charge on any atom is -0.368 e. The average molecular weight is 230 g/mol. The average Bonchev–Trinajstić information content (AvgIpc) is 2.40. The largest absolute Gasteiger partial charge is 0.368 e. The smallest absolute Gasteiger partial charge is 0.257 e. The summed E-state index contributed by atoms with van der Waals surface area (Å²) in [5, 5.41) is 3.31. The summed E-state index contributed by atoms with van der Waals surface area (Å²) in [6, 6.07) is 5.39. The van der Waals surface area contributed by atoms with Crippen molar-refractivity contribution in [1.82, 2.24) is 14.7 Å². The maximum atomic E-state index is 11.7. The molecule has 0 unspecified atom stereocenters. The van der Waals surface area contributed by atoms with Crippen molar-refractivity contribution in [2.75, 3.05) is 31.1 Å². The molecule has 1 N–H and O–H groups in total. The molecule has 88 valence electrons. The highest BCUT2D eigenvalue weighted by molar-refractivity contribution is 5.51. The first-order valence-corrected chi connectivity index (χ1v) is 5.78. The first-order valence-electron chi connectivity index (χ1n) is 5.78. The third-order valence-electron chi connectivity index (χ3n) is 3.05. The summed E-state index contributed by atoms with van der Waals surface area (Å²) in [5.74, 6) is 0. The quantitative estimate of drug-likeness (QED) is 0.755. The minimum absolute atomic E-state index is 0.0352. The number of piperazine rings is 1. The zero-order chi connectivity index (χ0) is 11.7. The lowest BCUT2D eigenvalue weighted by Gasteiger charge is -2.29. The Hall–Kier alpha value is -1.88. The van der Waals surface area contributed by atoms with Crippen LogP contribution in [-0.4, -0.2) is 35.6 Å². The van der Waals surface area contributed by atoms with E-state index in [0.29, 0.717) is 5.65 Å². The van der Waals surface area contributed by atoms with Crippen LogP contribution < -0.4 is 15.8 Å². The van der Waals surface area contributed by atoms with Crippen molar-refractivity contribution >= 4 is 11.3 Å². The number of rotatable bonds is 1. The summed E-state index contributed by atoms with van der Waals surface area (Å²) in [6.45, 7) is 3.92. The van der Waals surface area contributed by atoms with E-state index in [0.717, 1.165) is 31.9 Å². The molecule has 1 aliphatic rings. The number of nitrogens with zero attached hydrogens (tertiary/aromatic N) is 3. The molecule has 0 aromatic carbocycles. The molecule has 1 fully saturated rings. The third-order valence-corrected chi connectivity index (χ3v) is 3.05. The van der Waals surface area contributed by atoms with Crippen LogP contribution in [0.4, 0.5) is 5.69 Å². The number of pyridine rings is 1. The van der Waals surface area contributed by atoms with Gasteiger partial charge < -0.3 is 10.2 Å². The van der Waals surface area contributed by atoms with Gasteiger partial charge in [0, 0.05) is 44.6 Å². The van der Waals surface area contributed by atoms with Gasteiger partial charge in [0.05, 0.1) is 5.69 Å². The molecule has 0 saturated carbocycles. The fourth-order valence-corrected chi connectivity index (χ4v) is 2.13. The Morgan fingerprint density at radius 2 is 2.00 bits per heavy atom. The molecule has 0 spiro atoms. The van der Waals surface area contributed by atoms with E-state index in [2.05, 4.69) is 15.2 Å². The second-order valence-corrected chi connectivity index (χ2v) is 4.14. The van der Waals surface area contributed by atoms with Gasteiger partial charge in [0.15, 0.2) is 0 Å². The van der Waals surface area contributed by atoms with E-state index in [4.69, 9.17) is 0 Å². The van der Waals surface area contributed by atoms with Crippen molar-refractivity contribution in [2.24, 2.45) is 0 Å². The van der Waals surface area contributed by atoms with Gasteiger partial charge in [-0.1, -0.05) is 0 Å². The van der Waals surface area contributed by atoms with E-state index in [1.54, 1.807) is 10.6 Å². The standard InChI is InChI=1S/C12H14N4O/c17-12-3-4-14-11-2-1-10(9-16(11)12)15-7-5-13-6-8-15/h1-4,9,13H,5-8H2. The lowest BCUT2D eigenvalue weighted by Crippen LogP contribution is -2.43. The minimum atomic E-state index is -0.0352. The molecule has 2 aromatic rings. The second-order valence-electron chi connectivity index (χ2n) is 4.14. The summed E-state index contributed by atoms with van der Waals surface area (Å²) in [7, 11) is 0. The number of nitrogens with one attached hydrogen (secondary N) is 1. The highest BCUT2D eigenvalue weighted by Crippen LogP contribution is 2.14. The van der Waals surface area contributed by atoms with Crippen LogP contribution in [0.25, 0.3) is 5.65 Å². The zero-order valence-corrected chi connectivity index (χ0v) is 9.47. The van der Waals surface area contributed by atoms with E-state index >= 15 is 0 Å². The second kappa shape index (κ2) is 4.18. The van der Waals surface area contributed by atoms with E-state index < -0.39 is 0 Å². The van der Waals surface area contributed by atoms with Crippen LogP contribution in [0, 0.1) is 0 Å². The van der Waals surface area contributed by atoms with Crippen LogP contribution in [0.1, 0.15) is 0 Å². The lowest BCUT2D eigenvalue weighted by atomic mass is 10.3. The fraction of sp³-hybridized carbons (Fsp3) is 0.333. The molecule has 0 radical (unpaired) electrons. The van der Waals surface area contributed by atoms with E-state index in [1.165, 1.54) is 6.07 Å². The van der Waals surface area contributed by atoms with Gasteiger partial charge in [0.1, 0.15) is 5.65 Å². The van der Waals surface area contributed by atoms with Crippen molar-refractivity contribution in [2.45, 2.75) is 0 Å². The van der Waals surface area contributed by atoms with Crippen LogP contribution >= 0.6 is 0 Å². The van der Waals surface area contributed by atoms with Crippen LogP contribution in [0.5, 0.6) is 0 Å². The summed E-state index contributed by atoms with van der Waals surface area (Å²) < 4.78 is 1.59. The topological polar surface area (TPSA) is 49.6 Å². The predicted octanol–water partition coefficient (Wildman–Crippen LogP) is 0.104. The van der Waals surface area contributed by atoms with Crippen molar-refractivity contribution in [3.63, 3.8) is 0 Å². The normalized spacial score (nSPS) is 16.4. The van der Waals surface area contributed by atoms with E-state index in [1.807, 2.05) is 18.3 Å². The van der Waals surface area contributed by atoms with Gasteiger partial charge in [-0.05, 0) is 12.1 Å². The number of aromatic nitrogens is 2. The molecule has 0 amide bonds. The summed E-state index contributed by atoms with van der Waals surface area (Å²) in [5.41, 5.74) is 1.73. The van der Waals surface area contributed by atoms with Gasteiger partial charge in [-0.2, -0.15) is 0 Å². The predicted molar refractivity (Wildman–Crippen MR) is 66.5 cm³/mol. The maximum absolute atomic E-state index is 11.7. The first-order chi connectivity index (χ1) is 8.34. The van der Waals surface area contributed by atoms with Gasteiger partial charge in [-0.25, -0.2) is 4.98 Å². The summed E-state index contributed by atoms with van der Waals surface area (Å²) in [4.78, 5) is 18.1. The molecule has 3 rings (SSSR count).